The minimum absolute atomic E-state index is 0.179. The number of nitrogens with one attached hydrogen (secondary N) is 1. The highest BCUT2D eigenvalue weighted by Crippen LogP contribution is 2.44. The molecule has 2 aliphatic rings. The van der Waals surface area contributed by atoms with Gasteiger partial charge in [0.1, 0.15) is 11.6 Å². The second-order valence-electron chi connectivity index (χ2n) is 9.96. The Labute approximate surface area is 203 Å². The van der Waals surface area contributed by atoms with Crippen molar-refractivity contribution >= 4 is 37.6 Å². The highest BCUT2D eigenvalue weighted by molar-refractivity contribution is 7.22. The number of aromatic nitrogens is 2. The van der Waals surface area contributed by atoms with Gasteiger partial charge in [0, 0.05) is 17.6 Å². The summed E-state index contributed by atoms with van der Waals surface area (Å²) in [5.74, 6) is 2.69. The summed E-state index contributed by atoms with van der Waals surface area (Å²) in [6.07, 6.45) is 10.5. The van der Waals surface area contributed by atoms with E-state index in [0.29, 0.717) is 12.0 Å². The number of anilines is 1. The van der Waals surface area contributed by atoms with Gasteiger partial charge in [-0.3, -0.25) is 4.98 Å². The molecule has 34 heavy (non-hydrogen) atoms. The first-order chi connectivity index (χ1) is 16.7. The van der Waals surface area contributed by atoms with Gasteiger partial charge in [-0.25, -0.2) is 9.37 Å². The molecule has 2 aromatic carbocycles. The number of pyridine rings is 1. The molecule has 1 atom stereocenters. The van der Waals surface area contributed by atoms with E-state index in [1.54, 1.807) is 30.6 Å². The first-order valence-corrected chi connectivity index (χ1v) is 13.2. The number of rotatable bonds is 7. The summed E-state index contributed by atoms with van der Waals surface area (Å²) in [6, 6.07) is 13.6. The van der Waals surface area contributed by atoms with Gasteiger partial charge in [-0.05, 0) is 111 Å². The van der Waals surface area contributed by atoms with Gasteiger partial charge < -0.3 is 10.1 Å². The van der Waals surface area contributed by atoms with Crippen LogP contribution in [0, 0.1) is 17.7 Å². The van der Waals surface area contributed by atoms with Crippen molar-refractivity contribution in [1.82, 2.24) is 9.97 Å². The molecule has 6 heteroatoms. The molecule has 0 radical (unpaired) electrons. The van der Waals surface area contributed by atoms with E-state index in [-0.39, 0.29) is 5.82 Å². The topological polar surface area (TPSA) is 47.0 Å². The van der Waals surface area contributed by atoms with Crippen LogP contribution < -0.4 is 10.1 Å². The van der Waals surface area contributed by atoms with Crippen molar-refractivity contribution < 1.29 is 9.13 Å². The maximum absolute atomic E-state index is 13.9. The van der Waals surface area contributed by atoms with Crippen LogP contribution in [0.4, 0.5) is 9.52 Å². The Bertz CT molecular complexity index is 1310. The first kappa shape index (κ1) is 21.8. The average Bonchev–Trinajstić information content (AvgIpc) is 3.63. The first-order valence-electron chi connectivity index (χ1n) is 12.4. The molecule has 0 spiro atoms. The second-order valence-corrected chi connectivity index (χ2v) is 11.0. The minimum Gasteiger partial charge on any atom is -0.497 e. The zero-order valence-corrected chi connectivity index (χ0v) is 20.3. The normalized spacial score (nSPS) is 21.6. The van der Waals surface area contributed by atoms with Crippen LogP contribution in [0.1, 0.15) is 56.4 Å². The van der Waals surface area contributed by atoms with E-state index < -0.39 is 0 Å². The fourth-order valence-corrected chi connectivity index (χ4v) is 6.64. The zero-order chi connectivity index (χ0) is 23.1. The molecule has 1 N–H and O–H groups in total. The molecule has 2 saturated carbocycles. The number of hydrogen-bond acceptors (Lipinski definition) is 5. The van der Waals surface area contributed by atoms with Crippen LogP contribution in [-0.2, 0) is 0 Å². The number of hydrogen-bond donors (Lipinski definition) is 1. The van der Waals surface area contributed by atoms with E-state index >= 15 is 0 Å². The smallest absolute Gasteiger partial charge is 0.184 e. The van der Waals surface area contributed by atoms with Gasteiger partial charge in [0.2, 0.25) is 0 Å². The second kappa shape index (κ2) is 9.14. The van der Waals surface area contributed by atoms with Crippen molar-refractivity contribution in [3.05, 3.63) is 60.0 Å². The van der Waals surface area contributed by atoms with Crippen LogP contribution in [0.3, 0.4) is 0 Å². The molecular weight excluding hydrogens is 445 g/mol. The Hall–Kier alpha value is -2.73. The third-order valence-electron chi connectivity index (χ3n) is 7.71. The van der Waals surface area contributed by atoms with Gasteiger partial charge in [0.25, 0.3) is 0 Å². The van der Waals surface area contributed by atoms with Crippen molar-refractivity contribution in [1.29, 1.82) is 0 Å². The maximum atomic E-state index is 13.9. The van der Waals surface area contributed by atoms with Crippen LogP contribution in [0.15, 0.2) is 48.7 Å². The van der Waals surface area contributed by atoms with E-state index in [9.17, 15) is 4.39 Å². The van der Waals surface area contributed by atoms with Crippen LogP contribution in [0.5, 0.6) is 5.75 Å². The molecule has 4 nitrogen and oxygen atoms in total. The molecule has 0 unspecified atom stereocenters. The number of ether oxygens (including phenoxy) is 1. The Morgan fingerprint density at radius 2 is 1.85 bits per heavy atom. The third kappa shape index (κ3) is 4.48. The zero-order valence-electron chi connectivity index (χ0n) is 19.5. The lowest BCUT2D eigenvalue weighted by molar-refractivity contribution is 0.292. The molecule has 0 saturated heterocycles. The van der Waals surface area contributed by atoms with Crippen LogP contribution >= 0.6 is 11.3 Å². The average molecular weight is 476 g/mol. The molecule has 0 aliphatic heterocycles. The van der Waals surface area contributed by atoms with E-state index in [1.165, 1.54) is 56.6 Å². The maximum Gasteiger partial charge on any atom is 0.184 e. The predicted molar refractivity (Wildman–Crippen MR) is 137 cm³/mol. The predicted octanol–water partition coefficient (Wildman–Crippen LogP) is 7.55. The van der Waals surface area contributed by atoms with Crippen molar-refractivity contribution in [2.75, 3.05) is 12.4 Å². The van der Waals surface area contributed by atoms with Crippen molar-refractivity contribution in [3.63, 3.8) is 0 Å². The quantitative estimate of drug-likeness (QED) is 0.300. The molecule has 4 aromatic rings. The van der Waals surface area contributed by atoms with Crippen molar-refractivity contribution in [2.24, 2.45) is 11.8 Å². The SMILES string of the molecule is COc1ccc2nc(N[C@@H](CC3CCC(c4ccnc5ccc(F)cc45)CC3)C3CC3)sc2c1. The van der Waals surface area contributed by atoms with Gasteiger partial charge in [-0.1, -0.05) is 11.3 Å². The Morgan fingerprint density at radius 3 is 2.65 bits per heavy atom. The summed E-state index contributed by atoms with van der Waals surface area (Å²) in [5, 5.41) is 5.81. The summed E-state index contributed by atoms with van der Waals surface area (Å²) < 4.78 is 20.4. The third-order valence-corrected chi connectivity index (χ3v) is 8.66. The lowest BCUT2D eigenvalue weighted by atomic mass is 9.75. The number of halogens is 1. The molecule has 2 heterocycles. The summed E-state index contributed by atoms with van der Waals surface area (Å²) in [7, 11) is 1.70. The standard InChI is InChI=1S/C28H30FN3OS/c1-33-21-9-11-25-27(16-21)34-28(31-25)32-26(19-6-7-19)14-17-2-4-18(5-3-17)22-12-13-30-24-10-8-20(29)15-23(22)24/h8-13,15-19,26H,2-7,14H2,1H3,(H,31,32)/t17?,18?,26-/m0/s1. The van der Waals surface area contributed by atoms with E-state index in [1.807, 2.05) is 18.3 Å². The van der Waals surface area contributed by atoms with Gasteiger partial charge in [0.15, 0.2) is 5.13 Å². The van der Waals surface area contributed by atoms with Crippen LogP contribution in [0.25, 0.3) is 21.1 Å². The number of methoxy groups -OCH3 is 1. The van der Waals surface area contributed by atoms with Crippen LogP contribution in [-0.4, -0.2) is 23.1 Å². The van der Waals surface area contributed by atoms with E-state index in [2.05, 4.69) is 22.4 Å². The Balaban J connectivity index is 1.12. The molecule has 2 aliphatic carbocycles. The Morgan fingerprint density at radius 1 is 1.03 bits per heavy atom. The van der Waals surface area contributed by atoms with Gasteiger partial charge in [-0.2, -0.15) is 0 Å². The molecule has 6 rings (SSSR count). The number of thiazole rings is 1. The van der Waals surface area contributed by atoms with E-state index in [0.717, 1.165) is 43.8 Å². The minimum atomic E-state index is -0.179. The molecular formula is C28H30FN3OS. The number of fused-ring (bicyclic) bond motifs is 2. The Kier molecular flexibility index (Phi) is 5.85. The fourth-order valence-electron chi connectivity index (χ4n) is 5.68. The largest absolute Gasteiger partial charge is 0.497 e. The summed E-state index contributed by atoms with van der Waals surface area (Å²) in [4.78, 5) is 9.27. The summed E-state index contributed by atoms with van der Waals surface area (Å²) in [5.41, 5.74) is 3.20. The number of benzene rings is 2. The molecule has 0 amide bonds. The van der Waals surface area contributed by atoms with Crippen LogP contribution in [0.2, 0.25) is 0 Å². The van der Waals surface area contributed by atoms with Gasteiger partial charge >= 0.3 is 0 Å². The molecule has 0 bridgehead atoms. The summed E-state index contributed by atoms with van der Waals surface area (Å²) in [6.45, 7) is 0. The molecule has 176 valence electrons. The number of nitrogens with zero attached hydrogens (tertiary/aromatic N) is 2. The van der Waals surface area contributed by atoms with Gasteiger partial charge in [-0.15, -0.1) is 0 Å². The highest BCUT2D eigenvalue weighted by atomic mass is 32.1. The lowest BCUT2D eigenvalue weighted by Gasteiger charge is -2.32. The van der Waals surface area contributed by atoms with E-state index in [4.69, 9.17) is 9.72 Å². The lowest BCUT2D eigenvalue weighted by Crippen LogP contribution is -2.27. The van der Waals surface area contributed by atoms with Crippen molar-refractivity contribution in [3.8, 4) is 5.75 Å². The highest BCUT2D eigenvalue weighted by Gasteiger charge is 2.35. The van der Waals surface area contributed by atoms with Crippen molar-refractivity contribution in [2.45, 2.75) is 56.9 Å². The fraction of sp³-hybridized carbons (Fsp3) is 0.429. The molecule has 2 aromatic heterocycles. The molecule has 2 fully saturated rings. The van der Waals surface area contributed by atoms with Gasteiger partial charge in [0.05, 0.1) is 22.8 Å². The summed E-state index contributed by atoms with van der Waals surface area (Å²) >= 11 is 1.72. The monoisotopic (exact) mass is 475 g/mol.